The first-order valence-electron chi connectivity index (χ1n) is 11.3. The van der Waals surface area contributed by atoms with Gasteiger partial charge in [-0.05, 0) is 18.2 Å². The molecular formula is C24H14Cl9NO10. The number of methoxy groups -OCH3 is 1. The zero-order valence-electron chi connectivity index (χ0n) is 21.4. The van der Waals surface area contributed by atoms with Gasteiger partial charge in [-0.2, -0.15) is 4.99 Å². The zero-order valence-corrected chi connectivity index (χ0v) is 28.2. The molecule has 0 radical (unpaired) electrons. The number of benzene rings is 2. The van der Waals surface area contributed by atoms with Crippen LogP contribution in [0.3, 0.4) is 0 Å². The molecule has 20 heteroatoms. The number of aliphatic imine (C=N–C) groups is 1. The molecule has 11 nitrogen and oxygen atoms in total. The fourth-order valence-corrected chi connectivity index (χ4v) is 3.98. The predicted molar refractivity (Wildman–Crippen MR) is 165 cm³/mol. The number of ether oxygens (including phenoxy) is 6. The Hall–Kier alpha value is -1.80. The quantitative estimate of drug-likeness (QED) is 0.104. The number of amides is 1. The molecule has 2 aromatic rings. The number of alkyl halides is 9. The fourth-order valence-electron chi connectivity index (χ4n) is 3.49. The van der Waals surface area contributed by atoms with E-state index >= 15 is 0 Å². The first-order valence-corrected chi connectivity index (χ1v) is 14.7. The van der Waals surface area contributed by atoms with E-state index in [-0.39, 0.29) is 28.2 Å². The van der Waals surface area contributed by atoms with E-state index < -0.39 is 72.4 Å². The van der Waals surface area contributed by atoms with Gasteiger partial charge >= 0.3 is 18.4 Å². The van der Waals surface area contributed by atoms with Crippen LogP contribution >= 0.6 is 104 Å². The standard InChI is InChI=1S/C24H14Cl9NO10/c1-39-11-4-2-3-10-14(11)17(34-19(36)40-7-22(25,26)27)15-12(43-20(37)41-8-23(28,29)30)5-6-13(16(15)18(10)35)44-21(38)42-9-24(31,32)33/h2-6H,7-9H2,1H3/b34-17+. The molecule has 44 heavy (non-hydrogen) atoms. The fraction of sp³-hybridized carbons (Fsp3) is 0.292. The van der Waals surface area contributed by atoms with E-state index in [1.807, 2.05) is 0 Å². The molecule has 0 spiro atoms. The molecule has 0 saturated carbocycles. The van der Waals surface area contributed by atoms with Crippen molar-refractivity contribution in [3.8, 4) is 17.2 Å². The molecule has 0 atom stereocenters. The van der Waals surface area contributed by atoms with E-state index in [1.54, 1.807) is 0 Å². The second-order valence-electron chi connectivity index (χ2n) is 8.17. The van der Waals surface area contributed by atoms with Crippen molar-refractivity contribution < 1.29 is 47.6 Å². The van der Waals surface area contributed by atoms with Gasteiger partial charge in [0.05, 0.1) is 29.5 Å². The topological polar surface area (TPSA) is 136 Å². The van der Waals surface area contributed by atoms with Crippen molar-refractivity contribution >= 4 is 134 Å². The minimum atomic E-state index is -2.00. The minimum absolute atomic E-state index is 0.0474. The third-order valence-corrected chi connectivity index (χ3v) is 5.96. The first-order chi connectivity index (χ1) is 20.3. The Morgan fingerprint density at radius 3 is 1.61 bits per heavy atom. The van der Waals surface area contributed by atoms with Gasteiger partial charge in [0.1, 0.15) is 37.1 Å². The lowest BCUT2D eigenvalue weighted by atomic mass is 9.82. The van der Waals surface area contributed by atoms with Crippen molar-refractivity contribution in [3.05, 3.63) is 52.6 Å². The van der Waals surface area contributed by atoms with Crippen molar-refractivity contribution in [3.63, 3.8) is 0 Å². The Bertz CT molecular complexity index is 1500. The molecule has 1 amide bonds. The average Bonchev–Trinajstić information content (AvgIpc) is 2.91. The SMILES string of the molecule is COc1cccc2c1/C(=N\C(=O)OCC(Cl)(Cl)Cl)c1c(OC(=O)OCC(Cl)(Cl)Cl)ccc(OC(=O)OCC(Cl)(Cl)Cl)c1C2=O. The van der Waals surface area contributed by atoms with Crippen molar-refractivity contribution in [2.45, 2.75) is 11.4 Å². The number of nitrogens with zero attached hydrogens (tertiary/aromatic N) is 1. The summed E-state index contributed by atoms with van der Waals surface area (Å²) in [6.07, 6.45) is -4.09. The average molecular weight is 795 g/mol. The maximum atomic E-state index is 13.9. The monoisotopic (exact) mass is 791 g/mol. The molecule has 238 valence electrons. The van der Waals surface area contributed by atoms with Crippen LogP contribution < -0.4 is 14.2 Å². The third kappa shape index (κ3) is 10.4. The number of rotatable bonds is 6. The van der Waals surface area contributed by atoms with Crippen LogP contribution in [0.2, 0.25) is 0 Å². The Kier molecular flexibility index (Phi) is 12.3. The van der Waals surface area contributed by atoms with Gasteiger partial charge in [0.2, 0.25) is 11.4 Å². The summed E-state index contributed by atoms with van der Waals surface area (Å²) in [6, 6.07) is 6.41. The molecule has 0 saturated heterocycles. The van der Waals surface area contributed by atoms with Crippen molar-refractivity contribution in [1.82, 2.24) is 0 Å². The second kappa shape index (κ2) is 14.7. The van der Waals surface area contributed by atoms with Gasteiger partial charge in [-0.3, -0.25) is 4.79 Å². The molecule has 1 aliphatic carbocycles. The molecule has 0 aromatic heterocycles. The Balaban J connectivity index is 2.24. The van der Waals surface area contributed by atoms with Gasteiger partial charge in [0.15, 0.2) is 5.78 Å². The number of hydrogen-bond donors (Lipinski definition) is 0. The van der Waals surface area contributed by atoms with Crippen molar-refractivity contribution in [2.75, 3.05) is 26.9 Å². The van der Waals surface area contributed by atoms with E-state index in [9.17, 15) is 19.2 Å². The Labute approximate surface area is 293 Å². The van der Waals surface area contributed by atoms with Crippen LogP contribution in [0.4, 0.5) is 14.4 Å². The molecule has 0 N–H and O–H groups in total. The summed E-state index contributed by atoms with van der Waals surface area (Å²) in [5.41, 5.74) is -1.29. The highest BCUT2D eigenvalue weighted by Crippen LogP contribution is 2.42. The number of halogens is 9. The van der Waals surface area contributed by atoms with Crippen LogP contribution in [0, 0.1) is 0 Å². The van der Waals surface area contributed by atoms with Gasteiger partial charge < -0.3 is 28.4 Å². The van der Waals surface area contributed by atoms with E-state index in [0.717, 1.165) is 12.1 Å². The van der Waals surface area contributed by atoms with Crippen molar-refractivity contribution in [2.24, 2.45) is 4.99 Å². The Morgan fingerprint density at radius 1 is 0.659 bits per heavy atom. The van der Waals surface area contributed by atoms with E-state index in [1.165, 1.54) is 25.3 Å². The summed E-state index contributed by atoms with van der Waals surface area (Å²) in [5, 5.41) is 0. The third-order valence-electron chi connectivity index (χ3n) is 4.98. The maximum Gasteiger partial charge on any atom is 0.514 e. The molecular weight excluding hydrogens is 781 g/mol. The lowest BCUT2D eigenvalue weighted by Crippen LogP contribution is -2.28. The summed E-state index contributed by atoms with van der Waals surface area (Å²) in [4.78, 5) is 55.6. The lowest BCUT2D eigenvalue weighted by molar-refractivity contribution is 0.0960. The molecule has 0 bridgehead atoms. The highest BCUT2D eigenvalue weighted by Gasteiger charge is 2.38. The van der Waals surface area contributed by atoms with Crippen molar-refractivity contribution in [1.29, 1.82) is 0 Å². The van der Waals surface area contributed by atoms with Gasteiger partial charge in [-0.1, -0.05) is 117 Å². The Morgan fingerprint density at radius 2 is 1.14 bits per heavy atom. The summed E-state index contributed by atoms with van der Waals surface area (Å²) in [7, 11) is 1.28. The summed E-state index contributed by atoms with van der Waals surface area (Å²) >= 11 is 50.7. The van der Waals surface area contributed by atoms with Crippen LogP contribution in [0.15, 0.2) is 35.3 Å². The highest BCUT2D eigenvalue weighted by atomic mass is 35.6. The lowest BCUT2D eigenvalue weighted by Gasteiger charge is -2.25. The van der Waals surface area contributed by atoms with E-state index in [2.05, 4.69) is 4.99 Å². The van der Waals surface area contributed by atoms with Crippen LogP contribution in [-0.2, 0) is 14.2 Å². The van der Waals surface area contributed by atoms with E-state index in [0.29, 0.717) is 0 Å². The largest absolute Gasteiger partial charge is 0.514 e. The highest BCUT2D eigenvalue weighted by molar-refractivity contribution is 6.68. The van der Waals surface area contributed by atoms with Gasteiger partial charge in [0, 0.05) is 5.56 Å². The van der Waals surface area contributed by atoms with E-state index in [4.69, 9.17) is 133 Å². The molecule has 2 aromatic carbocycles. The summed E-state index contributed by atoms with van der Waals surface area (Å²) < 4.78 is 24.4. The first kappa shape index (κ1) is 36.7. The predicted octanol–water partition coefficient (Wildman–Crippen LogP) is 8.36. The number of ketones is 1. The number of carbonyl (C=O) groups is 4. The number of fused-ring (bicyclic) bond motifs is 2. The number of carbonyl (C=O) groups excluding carboxylic acids is 4. The van der Waals surface area contributed by atoms with Gasteiger partial charge in [-0.15, -0.1) is 0 Å². The van der Waals surface area contributed by atoms with Gasteiger partial charge in [-0.25, -0.2) is 14.4 Å². The number of hydrogen-bond acceptors (Lipinski definition) is 10. The molecule has 0 aliphatic heterocycles. The van der Waals surface area contributed by atoms with Crippen LogP contribution in [0.1, 0.15) is 27.0 Å². The van der Waals surface area contributed by atoms with Crippen LogP contribution in [0.5, 0.6) is 17.2 Å². The van der Waals surface area contributed by atoms with Crippen LogP contribution in [0.25, 0.3) is 0 Å². The molecule has 3 rings (SSSR count). The molecule has 0 heterocycles. The summed E-state index contributed by atoms with van der Waals surface area (Å²) in [5.74, 6) is -1.63. The second-order valence-corrected chi connectivity index (χ2v) is 15.7. The van der Waals surface area contributed by atoms with Crippen LogP contribution in [-0.4, -0.2) is 68.2 Å². The smallest absolute Gasteiger partial charge is 0.496 e. The zero-order chi connectivity index (χ0) is 33.0. The minimum Gasteiger partial charge on any atom is -0.496 e. The molecule has 0 fully saturated rings. The molecule has 0 unspecified atom stereocenters. The maximum absolute atomic E-state index is 13.9. The molecule has 1 aliphatic rings. The normalized spacial score (nSPS) is 13.9. The summed E-state index contributed by atoms with van der Waals surface area (Å²) in [6.45, 7) is -2.16. The van der Waals surface area contributed by atoms with Gasteiger partial charge in [0.25, 0.3) is 0 Å².